The number of carboxylic acids is 1. The van der Waals surface area contributed by atoms with Gasteiger partial charge in [-0.3, -0.25) is 9.59 Å². The van der Waals surface area contributed by atoms with Gasteiger partial charge in [-0.05, 0) is 6.07 Å². The number of hydrogen-bond donors (Lipinski definition) is 4. The molecule has 0 bridgehead atoms. The Bertz CT molecular complexity index is 468. The standard InChI is InChI=1S/C10H12N2O5/c13-4-2-7(10(16)17)12-9(15)6-1-3-11-8(14)5-6/h1,3,5,7,13H,2,4H2,(H,11,14)(H,12,15)(H,16,17)/t7-/m1/s1. The fourth-order valence-electron chi connectivity index (χ4n) is 1.21. The van der Waals surface area contributed by atoms with Gasteiger partial charge in [-0.2, -0.15) is 0 Å². The average Bonchev–Trinajstić information content (AvgIpc) is 2.28. The fourth-order valence-corrected chi connectivity index (χ4v) is 1.21. The highest BCUT2D eigenvalue weighted by Gasteiger charge is 2.19. The van der Waals surface area contributed by atoms with Crippen molar-refractivity contribution in [3.05, 3.63) is 34.2 Å². The van der Waals surface area contributed by atoms with Gasteiger partial charge < -0.3 is 20.5 Å². The molecule has 7 heteroatoms. The molecular formula is C10H12N2O5. The van der Waals surface area contributed by atoms with Crippen molar-refractivity contribution in [3.63, 3.8) is 0 Å². The van der Waals surface area contributed by atoms with Crippen LogP contribution in [0.3, 0.4) is 0 Å². The van der Waals surface area contributed by atoms with E-state index in [-0.39, 0.29) is 18.6 Å². The lowest BCUT2D eigenvalue weighted by Gasteiger charge is -2.12. The van der Waals surface area contributed by atoms with Gasteiger partial charge >= 0.3 is 5.97 Å². The predicted octanol–water partition coefficient (Wildman–Crippen LogP) is -1.06. The minimum absolute atomic E-state index is 0.0675. The lowest BCUT2D eigenvalue weighted by Crippen LogP contribution is -2.41. The Balaban J connectivity index is 2.77. The largest absolute Gasteiger partial charge is 0.480 e. The van der Waals surface area contributed by atoms with Crippen LogP contribution in [0.2, 0.25) is 0 Å². The summed E-state index contributed by atoms with van der Waals surface area (Å²) in [5.74, 6) is -1.91. The number of aromatic amines is 1. The van der Waals surface area contributed by atoms with Crippen molar-refractivity contribution in [1.82, 2.24) is 10.3 Å². The third-order valence-electron chi connectivity index (χ3n) is 2.06. The van der Waals surface area contributed by atoms with Crippen LogP contribution < -0.4 is 10.9 Å². The first-order valence-electron chi connectivity index (χ1n) is 4.88. The zero-order valence-corrected chi connectivity index (χ0v) is 8.84. The number of carboxylic acid groups (broad SMARTS) is 1. The van der Waals surface area contributed by atoms with Crippen molar-refractivity contribution in [2.45, 2.75) is 12.5 Å². The van der Waals surface area contributed by atoms with E-state index >= 15 is 0 Å². The number of amides is 1. The predicted molar refractivity (Wildman–Crippen MR) is 57.7 cm³/mol. The summed E-state index contributed by atoms with van der Waals surface area (Å²) in [4.78, 5) is 35.6. The van der Waals surface area contributed by atoms with Crippen LogP contribution >= 0.6 is 0 Å². The number of pyridine rings is 1. The molecular weight excluding hydrogens is 228 g/mol. The molecule has 0 saturated carbocycles. The molecule has 4 N–H and O–H groups in total. The van der Waals surface area contributed by atoms with Crippen molar-refractivity contribution >= 4 is 11.9 Å². The molecule has 1 aromatic rings. The SMILES string of the molecule is O=C(N[C@H](CCO)C(=O)O)c1cc[nH]c(=O)c1. The lowest BCUT2D eigenvalue weighted by molar-refractivity contribution is -0.139. The summed E-state index contributed by atoms with van der Waals surface area (Å²) in [7, 11) is 0. The highest BCUT2D eigenvalue weighted by molar-refractivity contribution is 5.96. The number of aliphatic hydroxyl groups is 1. The zero-order chi connectivity index (χ0) is 12.8. The number of nitrogens with one attached hydrogen (secondary N) is 2. The average molecular weight is 240 g/mol. The van der Waals surface area contributed by atoms with E-state index in [2.05, 4.69) is 10.3 Å². The maximum Gasteiger partial charge on any atom is 0.326 e. The van der Waals surface area contributed by atoms with Crippen molar-refractivity contribution < 1.29 is 19.8 Å². The molecule has 17 heavy (non-hydrogen) atoms. The second kappa shape index (κ2) is 5.80. The highest BCUT2D eigenvalue weighted by Crippen LogP contribution is 1.97. The molecule has 0 aliphatic heterocycles. The smallest absolute Gasteiger partial charge is 0.326 e. The maximum absolute atomic E-state index is 11.6. The Labute approximate surface area is 96.1 Å². The molecule has 1 rings (SSSR count). The first kappa shape index (κ1) is 12.9. The number of aliphatic hydroxyl groups excluding tert-OH is 1. The number of carbonyl (C=O) groups excluding carboxylic acids is 1. The van der Waals surface area contributed by atoms with E-state index in [1.54, 1.807) is 0 Å². The summed E-state index contributed by atoms with van der Waals surface area (Å²) in [5, 5.41) is 19.6. The number of hydrogen-bond acceptors (Lipinski definition) is 4. The summed E-state index contributed by atoms with van der Waals surface area (Å²) in [6.07, 6.45) is 1.20. The lowest BCUT2D eigenvalue weighted by atomic mass is 10.2. The first-order chi connectivity index (χ1) is 8.04. The third kappa shape index (κ3) is 3.72. The first-order valence-corrected chi connectivity index (χ1v) is 4.88. The molecule has 0 fully saturated rings. The molecule has 1 heterocycles. The number of aliphatic carboxylic acids is 1. The van der Waals surface area contributed by atoms with Crippen LogP contribution in [-0.2, 0) is 4.79 Å². The Morgan fingerprint density at radius 2 is 2.18 bits per heavy atom. The highest BCUT2D eigenvalue weighted by atomic mass is 16.4. The molecule has 0 aliphatic carbocycles. The Hall–Kier alpha value is -2.15. The van der Waals surface area contributed by atoms with Crippen molar-refractivity contribution in [1.29, 1.82) is 0 Å². The third-order valence-corrected chi connectivity index (χ3v) is 2.06. The quantitative estimate of drug-likeness (QED) is 0.523. The van der Waals surface area contributed by atoms with Crippen LogP contribution in [0.4, 0.5) is 0 Å². The van der Waals surface area contributed by atoms with Gasteiger partial charge in [0.2, 0.25) is 5.56 Å². The molecule has 1 amide bonds. The van der Waals surface area contributed by atoms with Gasteiger partial charge in [0.15, 0.2) is 0 Å². The maximum atomic E-state index is 11.6. The van der Waals surface area contributed by atoms with E-state index in [1.807, 2.05) is 0 Å². The number of aromatic nitrogens is 1. The Kier molecular flexibility index (Phi) is 4.41. The van der Waals surface area contributed by atoms with Gasteiger partial charge in [0.05, 0.1) is 0 Å². The molecule has 0 aromatic carbocycles. The summed E-state index contributed by atoms with van der Waals surface area (Å²) in [5.41, 5.74) is -0.385. The van der Waals surface area contributed by atoms with Crippen LogP contribution in [-0.4, -0.2) is 39.7 Å². The molecule has 7 nitrogen and oxygen atoms in total. The monoisotopic (exact) mass is 240 g/mol. The Morgan fingerprint density at radius 3 is 2.71 bits per heavy atom. The topological polar surface area (TPSA) is 119 Å². The normalized spacial score (nSPS) is 11.8. The van der Waals surface area contributed by atoms with Gasteiger partial charge in [-0.15, -0.1) is 0 Å². The van der Waals surface area contributed by atoms with Crippen LogP contribution in [0, 0.1) is 0 Å². The fraction of sp³-hybridized carbons (Fsp3) is 0.300. The van der Waals surface area contributed by atoms with E-state index in [0.29, 0.717) is 0 Å². The molecule has 0 spiro atoms. The molecule has 1 atom stereocenters. The van der Waals surface area contributed by atoms with E-state index in [0.717, 1.165) is 6.07 Å². The van der Waals surface area contributed by atoms with Crippen molar-refractivity contribution in [3.8, 4) is 0 Å². The molecule has 0 radical (unpaired) electrons. The van der Waals surface area contributed by atoms with E-state index in [1.165, 1.54) is 12.3 Å². The van der Waals surface area contributed by atoms with Gasteiger partial charge in [0.1, 0.15) is 6.04 Å². The molecule has 0 aliphatic rings. The van der Waals surface area contributed by atoms with Gasteiger partial charge in [-0.1, -0.05) is 0 Å². The zero-order valence-electron chi connectivity index (χ0n) is 8.84. The number of H-pyrrole nitrogens is 1. The second-order valence-electron chi connectivity index (χ2n) is 3.32. The number of carbonyl (C=O) groups is 2. The number of rotatable bonds is 5. The van der Waals surface area contributed by atoms with Crippen molar-refractivity contribution in [2.75, 3.05) is 6.61 Å². The molecule has 92 valence electrons. The Morgan fingerprint density at radius 1 is 1.47 bits per heavy atom. The van der Waals surface area contributed by atoms with E-state index in [9.17, 15) is 14.4 Å². The van der Waals surface area contributed by atoms with Gasteiger partial charge in [0, 0.05) is 30.9 Å². The van der Waals surface area contributed by atoms with Crippen LogP contribution in [0.15, 0.2) is 23.1 Å². The van der Waals surface area contributed by atoms with E-state index < -0.39 is 23.5 Å². The van der Waals surface area contributed by atoms with Crippen LogP contribution in [0.5, 0.6) is 0 Å². The van der Waals surface area contributed by atoms with Gasteiger partial charge in [-0.25, -0.2) is 4.79 Å². The second-order valence-corrected chi connectivity index (χ2v) is 3.32. The molecule has 0 unspecified atom stereocenters. The summed E-state index contributed by atoms with van der Waals surface area (Å²) in [6.45, 7) is -0.355. The summed E-state index contributed by atoms with van der Waals surface area (Å²) < 4.78 is 0. The van der Waals surface area contributed by atoms with Crippen LogP contribution in [0.25, 0.3) is 0 Å². The van der Waals surface area contributed by atoms with Gasteiger partial charge in [0.25, 0.3) is 5.91 Å². The summed E-state index contributed by atoms with van der Waals surface area (Å²) in [6, 6.07) is 1.24. The minimum Gasteiger partial charge on any atom is -0.480 e. The van der Waals surface area contributed by atoms with Crippen molar-refractivity contribution in [2.24, 2.45) is 0 Å². The molecule has 1 aromatic heterocycles. The summed E-state index contributed by atoms with van der Waals surface area (Å²) >= 11 is 0. The minimum atomic E-state index is -1.24. The van der Waals surface area contributed by atoms with Crippen LogP contribution in [0.1, 0.15) is 16.8 Å². The molecule has 0 saturated heterocycles. The van der Waals surface area contributed by atoms with E-state index in [4.69, 9.17) is 10.2 Å².